The molecule has 5 nitrogen and oxygen atoms in total. The third-order valence-corrected chi connectivity index (χ3v) is 4.16. The maximum atomic E-state index is 12.9. The van der Waals surface area contributed by atoms with Crippen molar-refractivity contribution in [2.24, 2.45) is 13.0 Å². The van der Waals surface area contributed by atoms with Gasteiger partial charge in [-0.2, -0.15) is 18.3 Å². The molecule has 23 heavy (non-hydrogen) atoms. The van der Waals surface area contributed by atoms with Crippen LogP contribution in [0.2, 0.25) is 0 Å². The van der Waals surface area contributed by atoms with E-state index >= 15 is 0 Å². The van der Waals surface area contributed by atoms with Crippen molar-refractivity contribution in [2.75, 3.05) is 13.1 Å². The van der Waals surface area contributed by atoms with Crippen molar-refractivity contribution in [1.29, 1.82) is 0 Å². The molecule has 0 spiro atoms. The summed E-state index contributed by atoms with van der Waals surface area (Å²) in [5.41, 5.74) is 0.312. The molecule has 1 amide bonds. The molecule has 124 valence electrons. The highest BCUT2D eigenvalue weighted by Crippen LogP contribution is 2.33. The average molecular weight is 326 g/mol. The second-order valence-corrected chi connectivity index (χ2v) is 5.73. The molecule has 8 heteroatoms. The third-order valence-electron chi connectivity index (χ3n) is 4.16. The van der Waals surface area contributed by atoms with Gasteiger partial charge >= 0.3 is 6.18 Å². The first-order valence-electron chi connectivity index (χ1n) is 7.39. The minimum Gasteiger partial charge on any atom is -0.338 e. The highest BCUT2D eigenvalue weighted by Gasteiger charge is 2.43. The minimum absolute atomic E-state index is 0.0742. The molecule has 3 heterocycles. The van der Waals surface area contributed by atoms with Gasteiger partial charge in [-0.15, -0.1) is 0 Å². The molecule has 0 radical (unpaired) electrons. The van der Waals surface area contributed by atoms with E-state index in [9.17, 15) is 18.0 Å². The van der Waals surface area contributed by atoms with Crippen LogP contribution in [0, 0.1) is 5.92 Å². The molecule has 1 aliphatic rings. The summed E-state index contributed by atoms with van der Waals surface area (Å²) >= 11 is 0. The molecule has 0 aliphatic carbocycles. The van der Waals surface area contributed by atoms with Crippen molar-refractivity contribution in [3.63, 3.8) is 0 Å². The number of amides is 1. The topological polar surface area (TPSA) is 43.1 Å². The number of hydrogen-bond acceptors (Lipinski definition) is 2. The minimum atomic E-state index is -4.27. The molecule has 3 rings (SSSR count). The molecular weight excluding hydrogens is 309 g/mol. The fraction of sp³-hybridized carbons (Fsp3) is 0.467. The van der Waals surface area contributed by atoms with Crippen molar-refractivity contribution >= 4 is 5.91 Å². The summed E-state index contributed by atoms with van der Waals surface area (Å²) in [4.78, 5) is 14.0. The monoisotopic (exact) mass is 326 g/mol. The second kappa shape index (κ2) is 5.75. The van der Waals surface area contributed by atoms with Crippen LogP contribution in [0.4, 0.5) is 13.2 Å². The number of rotatable bonds is 2. The Morgan fingerprint density at radius 1 is 1.30 bits per heavy atom. The van der Waals surface area contributed by atoms with Gasteiger partial charge in [0.1, 0.15) is 11.4 Å². The van der Waals surface area contributed by atoms with Crippen molar-refractivity contribution < 1.29 is 18.0 Å². The number of halogens is 3. The third kappa shape index (κ3) is 2.97. The van der Waals surface area contributed by atoms with Gasteiger partial charge in [0.05, 0.1) is 12.1 Å². The molecule has 0 saturated carbocycles. The van der Waals surface area contributed by atoms with E-state index in [0.717, 1.165) is 0 Å². The molecule has 0 unspecified atom stereocenters. The number of aromatic nitrogens is 3. The summed E-state index contributed by atoms with van der Waals surface area (Å²) in [5.74, 6) is -1.31. The van der Waals surface area contributed by atoms with Crippen LogP contribution in [-0.2, 0) is 7.05 Å². The van der Waals surface area contributed by atoms with Crippen LogP contribution in [-0.4, -0.2) is 44.4 Å². The van der Waals surface area contributed by atoms with Crippen LogP contribution in [0.3, 0.4) is 0 Å². The predicted molar refractivity (Wildman–Crippen MR) is 77.2 cm³/mol. The lowest BCUT2D eigenvalue weighted by molar-refractivity contribution is -0.184. The first-order valence-corrected chi connectivity index (χ1v) is 7.39. The quantitative estimate of drug-likeness (QED) is 0.851. The number of piperidine rings is 1. The molecule has 1 atom stereocenters. The average Bonchev–Trinajstić information content (AvgIpc) is 3.14. The smallest absolute Gasteiger partial charge is 0.338 e. The van der Waals surface area contributed by atoms with Crippen molar-refractivity contribution in [3.8, 4) is 5.82 Å². The van der Waals surface area contributed by atoms with E-state index in [0.29, 0.717) is 24.3 Å². The van der Waals surface area contributed by atoms with Crippen LogP contribution < -0.4 is 0 Å². The Labute approximate surface area is 131 Å². The Hall–Kier alpha value is -2.25. The Morgan fingerprint density at radius 3 is 2.65 bits per heavy atom. The fourth-order valence-corrected chi connectivity index (χ4v) is 2.96. The molecule has 1 fully saturated rings. The van der Waals surface area contributed by atoms with Crippen molar-refractivity contribution in [3.05, 3.63) is 36.3 Å². The molecule has 2 aromatic rings. The van der Waals surface area contributed by atoms with E-state index < -0.39 is 18.0 Å². The zero-order valence-electron chi connectivity index (χ0n) is 12.6. The van der Waals surface area contributed by atoms with Gasteiger partial charge in [0.15, 0.2) is 0 Å². The highest BCUT2D eigenvalue weighted by molar-refractivity contribution is 5.97. The van der Waals surface area contributed by atoms with Gasteiger partial charge in [-0.05, 0) is 25.0 Å². The summed E-state index contributed by atoms with van der Waals surface area (Å²) < 4.78 is 42.1. The van der Waals surface area contributed by atoms with E-state index in [1.165, 1.54) is 11.1 Å². The number of hydrogen-bond donors (Lipinski definition) is 0. The first kappa shape index (κ1) is 15.6. The van der Waals surface area contributed by atoms with Gasteiger partial charge in [-0.25, -0.2) is 0 Å². The lowest BCUT2D eigenvalue weighted by Gasteiger charge is -2.33. The number of likely N-dealkylation sites (tertiary alicyclic amines) is 1. The normalized spacial score (nSPS) is 19.1. The van der Waals surface area contributed by atoms with Crippen LogP contribution in [0.5, 0.6) is 0 Å². The maximum Gasteiger partial charge on any atom is 0.393 e. The fourth-order valence-electron chi connectivity index (χ4n) is 2.96. The Bertz CT molecular complexity index is 690. The van der Waals surface area contributed by atoms with Gasteiger partial charge in [0.25, 0.3) is 5.91 Å². The number of carbonyl (C=O) groups excluding carboxylic acids is 1. The summed E-state index contributed by atoms with van der Waals surface area (Å²) in [6.07, 6.45) is 1.11. The second-order valence-electron chi connectivity index (χ2n) is 5.73. The van der Waals surface area contributed by atoms with E-state index in [2.05, 4.69) is 5.10 Å². The zero-order valence-corrected chi connectivity index (χ0v) is 12.6. The van der Waals surface area contributed by atoms with E-state index in [-0.39, 0.29) is 13.0 Å². The zero-order chi connectivity index (χ0) is 16.6. The van der Waals surface area contributed by atoms with Gasteiger partial charge in [0, 0.05) is 32.5 Å². The summed E-state index contributed by atoms with van der Waals surface area (Å²) in [5, 5.41) is 4.08. The first-order chi connectivity index (χ1) is 10.9. The van der Waals surface area contributed by atoms with Crippen LogP contribution >= 0.6 is 0 Å². The summed E-state index contributed by atoms with van der Waals surface area (Å²) in [6.45, 7) is 0.0494. The Kier molecular flexibility index (Phi) is 3.91. The van der Waals surface area contributed by atoms with Gasteiger partial charge in [-0.3, -0.25) is 9.48 Å². The number of alkyl halides is 3. The van der Waals surface area contributed by atoms with E-state index in [1.54, 1.807) is 28.7 Å². The van der Waals surface area contributed by atoms with Crippen molar-refractivity contribution in [2.45, 2.75) is 19.0 Å². The number of nitrogens with zero attached hydrogens (tertiary/aromatic N) is 4. The number of aryl methyl sites for hydroxylation is 1. The largest absolute Gasteiger partial charge is 0.393 e. The van der Waals surface area contributed by atoms with Gasteiger partial charge in [0.2, 0.25) is 0 Å². The van der Waals surface area contributed by atoms with Gasteiger partial charge in [-0.1, -0.05) is 0 Å². The molecule has 0 bridgehead atoms. The molecular formula is C15H17F3N4O. The molecule has 0 N–H and O–H groups in total. The lowest BCUT2D eigenvalue weighted by Crippen LogP contribution is -2.44. The maximum absolute atomic E-state index is 12.9. The van der Waals surface area contributed by atoms with Crippen LogP contribution in [0.1, 0.15) is 23.2 Å². The Morgan fingerprint density at radius 2 is 2.00 bits per heavy atom. The number of carbonyl (C=O) groups is 1. The molecule has 0 aromatic carbocycles. The van der Waals surface area contributed by atoms with E-state index in [4.69, 9.17) is 0 Å². The standard InChI is InChI=1S/C15H17F3N4O/c1-20-13(21-6-2-3-7-21)12(9-19-20)14(23)22-8-4-5-11(10-22)15(16,17)18/h2-3,6-7,9,11H,4-5,8,10H2,1H3/t11-/m0/s1. The van der Waals surface area contributed by atoms with Crippen molar-refractivity contribution in [1.82, 2.24) is 19.2 Å². The predicted octanol–water partition coefficient (Wildman–Crippen LogP) is 2.63. The highest BCUT2D eigenvalue weighted by atomic mass is 19.4. The van der Waals surface area contributed by atoms with Gasteiger partial charge < -0.3 is 9.47 Å². The van der Waals surface area contributed by atoms with Crippen LogP contribution in [0.25, 0.3) is 5.82 Å². The molecule has 1 aliphatic heterocycles. The lowest BCUT2D eigenvalue weighted by atomic mass is 9.97. The Balaban J connectivity index is 1.87. The summed E-state index contributed by atoms with van der Waals surface area (Å²) in [6, 6.07) is 3.61. The SMILES string of the molecule is Cn1ncc(C(=O)N2CCC[C@H](C(F)(F)F)C2)c1-n1cccc1. The molecule has 1 saturated heterocycles. The summed E-state index contributed by atoms with van der Waals surface area (Å²) in [7, 11) is 1.70. The molecule has 2 aromatic heterocycles. The van der Waals surface area contributed by atoms with E-state index in [1.807, 2.05) is 12.1 Å². The van der Waals surface area contributed by atoms with Crippen LogP contribution in [0.15, 0.2) is 30.7 Å².